The molecule has 2 heterocycles. The fourth-order valence-electron chi connectivity index (χ4n) is 4.28. The van der Waals surface area contributed by atoms with Crippen LogP contribution in [0.1, 0.15) is 45.0 Å². The number of likely N-dealkylation sites (tertiary alicyclic amines) is 1. The summed E-state index contributed by atoms with van der Waals surface area (Å²) >= 11 is 0. The molecule has 5 nitrogen and oxygen atoms in total. The van der Waals surface area contributed by atoms with Crippen molar-refractivity contribution in [3.05, 3.63) is 75.5 Å². The average Bonchev–Trinajstić information content (AvgIpc) is 3.06. The van der Waals surface area contributed by atoms with Crippen LogP contribution in [-0.4, -0.2) is 35.3 Å². The largest absolute Gasteiger partial charge is 0.378 e. The fraction of sp³-hybridized carbons (Fsp3) is 0.360. The SMILES string of the molecule is COCc1[nH]nc(-c2cc(CN3CC(c4ccc(C#N)cc4)C3)c(C)cc2C)c1C. The highest BCUT2D eigenvalue weighted by Crippen LogP contribution is 2.32. The molecule has 1 saturated heterocycles. The second-order valence-corrected chi connectivity index (χ2v) is 8.33. The summed E-state index contributed by atoms with van der Waals surface area (Å²) in [5, 5.41) is 16.7. The van der Waals surface area contributed by atoms with E-state index in [2.05, 4.69) is 66.2 Å². The third-order valence-electron chi connectivity index (χ3n) is 6.20. The van der Waals surface area contributed by atoms with Crippen LogP contribution in [0.2, 0.25) is 0 Å². The van der Waals surface area contributed by atoms with Crippen LogP contribution in [0.25, 0.3) is 11.3 Å². The Hall–Kier alpha value is -2.94. The molecule has 3 aromatic rings. The molecule has 1 aromatic heterocycles. The minimum absolute atomic E-state index is 0.543. The van der Waals surface area contributed by atoms with Crippen molar-refractivity contribution in [1.82, 2.24) is 15.1 Å². The molecule has 5 heteroatoms. The van der Waals surface area contributed by atoms with Gasteiger partial charge in [-0.05, 0) is 61.2 Å². The predicted octanol–water partition coefficient (Wildman–Crippen LogP) is 4.62. The number of aromatic nitrogens is 2. The zero-order valence-corrected chi connectivity index (χ0v) is 18.1. The van der Waals surface area contributed by atoms with Crippen molar-refractivity contribution >= 4 is 0 Å². The van der Waals surface area contributed by atoms with Gasteiger partial charge in [-0.15, -0.1) is 0 Å². The summed E-state index contributed by atoms with van der Waals surface area (Å²) in [4.78, 5) is 2.48. The molecule has 1 N–H and O–H groups in total. The number of ether oxygens (including phenoxy) is 1. The summed E-state index contributed by atoms with van der Waals surface area (Å²) in [5.41, 5.74) is 10.4. The lowest BCUT2D eigenvalue weighted by molar-refractivity contribution is 0.139. The van der Waals surface area contributed by atoms with Crippen LogP contribution in [-0.2, 0) is 17.9 Å². The quantitative estimate of drug-likeness (QED) is 0.656. The lowest BCUT2D eigenvalue weighted by atomic mass is 9.89. The number of hydrogen-bond donors (Lipinski definition) is 1. The van der Waals surface area contributed by atoms with Crippen molar-refractivity contribution in [3.8, 4) is 17.3 Å². The lowest BCUT2D eigenvalue weighted by Gasteiger charge is -2.40. The van der Waals surface area contributed by atoms with Crippen molar-refractivity contribution in [2.75, 3.05) is 20.2 Å². The number of nitriles is 1. The maximum Gasteiger partial charge on any atom is 0.0991 e. The van der Waals surface area contributed by atoms with E-state index >= 15 is 0 Å². The number of hydrogen-bond acceptors (Lipinski definition) is 4. The topological polar surface area (TPSA) is 64.9 Å². The first kappa shape index (κ1) is 20.3. The number of aryl methyl sites for hydroxylation is 2. The second kappa shape index (κ2) is 8.43. The van der Waals surface area contributed by atoms with Gasteiger partial charge in [-0.2, -0.15) is 10.4 Å². The molecule has 0 saturated carbocycles. The average molecular weight is 401 g/mol. The fourth-order valence-corrected chi connectivity index (χ4v) is 4.28. The van der Waals surface area contributed by atoms with E-state index in [-0.39, 0.29) is 0 Å². The van der Waals surface area contributed by atoms with Crippen molar-refractivity contribution in [3.63, 3.8) is 0 Å². The molecule has 2 aromatic carbocycles. The van der Waals surface area contributed by atoms with E-state index < -0.39 is 0 Å². The number of methoxy groups -OCH3 is 1. The Balaban J connectivity index is 1.49. The first-order valence-electron chi connectivity index (χ1n) is 10.4. The Morgan fingerprint density at radius 2 is 1.87 bits per heavy atom. The van der Waals surface area contributed by atoms with E-state index in [1.807, 2.05) is 12.1 Å². The molecule has 1 fully saturated rings. The molecule has 0 spiro atoms. The van der Waals surface area contributed by atoms with Crippen LogP contribution in [0.3, 0.4) is 0 Å². The third kappa shape index (κ3) is 3.89. The molecule has 0 unspecified atom stereocenters. The monoisotopic (exact) mass is 400 g/mol. The molecule has 30 heavy (non-hydrogen) atoms. The first-order valence-corrected chi connectivity index (χ1v) is 10.4. The van der Waals surface area contributed by atoms with E-state index in [0.29, 0.717) is 12.5 Å². The Bertz CT molecular complexity index is 1090. The molecule has 1 aliphatic heterocycles. The van der Waals surface area contributed by atoms with Gasteiger partial charge in [0.25, 0.3) is 0 Å². The van der Waals surface area contributed by atoms with Crippen LogP contribution >= 0.6 is 0 Å². The Labute approximate surface area is 178 Å². The van der Waals surface area contributed by atoms with E-state index in [9.17, 15) is 0 Å². The molecule has 0 bridgehead atoms. The van der Waals surface area contributed by atoms with Gasteiger partial charge in [-0.3, -0.25) is 10.00 Å². The summed E-state index contributed by atoms with van der Waals surface area (Å²) in [5.74, 6) is 0.549. The van der Waals surface area contributed by atoms with Crippen LogP contribution in [0, 0.1) is 32.1 Å². The van der Waals surface area contributed by atoms with E-state index in [1.165, 1.54) is 27.8 Å². The second-order valence-electron chi connectivity index (χ2n) is 8.33. The van der Waals surface area contributed by atoms with Gasteiger partial charge in [-0.25, -0.2) is 0 Å². The number of aromatic amines is 1. The molecule has 4 rings (SSSR count). The van der Waals surface area contributed by atoms with Crippen LogP contribution < -0.4 is 0 Å². The molecular weight excluding hydrogens is 372 g/mol. The van der Waals surface area contributed by atoms with Gasteiger partial charge in [0.05, 0.1) is 29.6 Å². The van der Waals surface area contributed by atoms with Crippen LogP contribution in [0.5, 0.6) is 0 Å². The van der Waals surface area contributed by atoms with Crippen LogP contribution in [0.15, 0.2) is 36.4 Å². The molecule has 0 atom stereocenters. The number of nitrogens with one attached hydrogen (secondary N) is 1. The third-order valence-corrected chi connectivity index (χ3v) is 6.20. The van der Waals surface area contributed by atoms with Gasteiger partial charge >= 0.3 is 0 Å². The van der Waals surface area contributed by atoms with Gasteiger partial charge in [0.1, 0.15) is 0 Å². The van der Waals surface area contributed by atoms with Crippen molar-refractivity contribution in [1.29, 1.82) is 5.26 Å². The van der Waals surface area contributed by atoms with Crippen molar-refractivity contribution < 1.29 is 4.74 Å². The molecule has 154 valence electrons. The zero-order valence-electron chi connectivity index (χ0n) is 18.1. The number of H-pyrrole nitrogens is 1. The highest BCUT2D eigenvalue weighted by molar-refractivity contribution is 5.69. The Morgan fingerprint density at radius 3 is 2.53 bits per heavy atom. The molecule has 1 aliphatic rings. The maximum atomic E-state index is 8.97. The van der Waals surface area contributed by atoms with E-state index in [0.717, 1.165) is 42.1 Å². The maximum absolute atomic E-state index is 8.97. The van der Waals surface area contributed by atoms with E-state index in [1.54, 1.807) is 7.11 Å². The van der Waals surface area contributed by atoms with Gasteiger partial charge in [0.2, 0.25) is 0 Å². The summed E-state index contributed by atoms with van der Waals surface area (Å²) in [6.07, 6.45) is 0. The number of benzene rings is 2. The lowest BCUT2D eigenvalue weighted by Crippen LogP contribution is -2.44. The summed E-state index contributed by atoms with van der Waals surface area (Å²) in [7, 11) is 1.70. The number of rotatable bonds is 6. The van der Waals surface area contributed by atoms with Crippen molar-refractivity contribution in [2.45, 2.75) is 39.8 Å². The molecular formula is C25H28N4O. The number of nitrogens with zero attached hydrogens (tertiary/aromatic N) is 3. The smallest absolute Gasteiger partial charge is 0.0991 e. The predicted molar refractivity (Wildman–Crippen MR) is 118 cm³/mol. The summed E-state index contributed by atoms with van der Waals surface area (Å²) < 4.78 is 5.27. The standard InChI is InChI=1S/C25H28N4O/c1-16-9-17(2)23(25-18(3)24(15-30-4)27-28-25)10-21(16)12-29-13-22(14-29)20-7-5-19(11-26)6-8-20/h5-10,22H,12-15H2,1-4H3,(H,27,28). The summed E-state index contributed by atoms with van der Waals surface area (Å²) in [6, 6.07) is 14.8. The Kier molecular flexibility index (Phi) is 5.72. The van der Waals surface area contributed by atoms with Gasteiger partial charge in [0.15, 0.2) is 0 Å². The molecule has 0 amide bonds. The molecule has 0 radical (unpaired) electrons. The highest BCUT2D eigenvalue weighted by atomic mass is 16.5. The highest BCUT2D eigenvalue weighted by Gasteiger charge is 2.28. The van der Waals surface area contributed by atoms with Crippen LogP contribution in [0.4, 0.5) is 0 Å². The normalized spacial score (nSPS) is 14.5. The summed E-state index contributed by atoms with van der Waals surface area (Å²) in [6.45, 7) is 10.0. The van der Waals surface area contributed by atoms with Gasteiger partial charge in [0, 0.05) is 43.8 Å². The van der Waals surface area contributed by atoms with Gasteiger partial charge < -0.3 is 4.74 Å². The molecule has 0 aliphatic carbocycles. The first-order chi connectivity index (χ1) is 14.5. The minimum Gasteiger partial charge on any atom is -0.378 e. The Morgan fingerprint density at radius 1 is 1.13 bits per heavy atom. The van der Waals surface area contributed by atoms with Crippen molar-refractivity contribution in [2.24, 2.45) is 0 Å². The van der Waals surface area contributed by atoms with E-state index in [4.69, 9.17) is 10.00 Å². The van der Waals surface area contributed by atoms with Gasteiger partial charge in [-0.1, -0.05) is 18.2 Å². The zero-order chi connectivity index (χ0) is 21.3. The minimum atomic E-state index is 0.543.